The molecule has 27 heavy (non-hydrogen) atoms. The predicted molar refractivity (Wildman–Crippen MR) is 107 cm³/mol. The van der Waals surface area contributed by atoms with E-state index in [1.807, 2.05) is 51.1 Å². The molecule has 1 fully saturated rings. The summed E-state index contributed by atoms with van der Waals surface area (Å²) in [6.07, 6.45) is 1.32. The Hall–Kier alpha value is -2.62. The minimum absolute atomic E-state index is 0.109. The Morgan fingerprint density at radius 2 is 1.78 bits per heavy atom. The zero-order valence-electron chi connectivity index (χ0n) is 16.3. The van der Waals surface area contributed by atoms with E-state index in [0.717, 1.165) is 16.7 Å². The Labute approximate surface area is 161 Å². The Morgan fingerprint density at radius 1 is 1.07 bits per heavy atom. The highest BCUT2D eigenvalue weighted by molar-refractivity contribution is 5.89. The van der Waals surface area contributed by atoms with E-state index in [9.17, 15) is 9.59 Å². The van der Waals surface area contributed by atoms with Gasteiger partial charge in [0.1, 0.15) is 5.60 Å². The van der Waals surface area contributed by atoms with E-state index in [2.05, 4.69) is 24.3 Å². The van der Waals surface area contributed by atoms with Crippen LogP contribution < -0.4 is 0 Å². The molecule has 0 aliphatic carbocycles. The van der Waals surface area contributed by atoms with Gasteiger partial charge in [-0.05, 0) is 43.9 Å². The lowest BCUT2D eigenvalue weighted by atomic mass is 9.93. The standard InChI is InChI=1S/C23H27NO3/c1-23(2,3)27-22(26)24-14-8-13-21(25)20(24)16-17-9-7-12-19(15-17)18-10-5-4-6-11-18/h4-7,9-12,15,20H,8,13-14,16H2,1-3H3/t20-/m0/s1. The third kappa shape index (κ3) is 4.97. The molecule has 1 aliphatic heterocycles. The summed E-state index contributed by atoms with van der Waals surface area (Å²) in [5.41, 5.74) is 2.72. The molecule has 1 amide bonds. The minimum atomic E-state index is -0.574. The SMILES string of the molecule is CC(C)(C)OC(=O)N1CCCC(=O)[C@@H]1Cc1cccc(-c2ccccc2)c1. The molecule has 1 heterocycles. The van der Waals surface area contributed by atoms with E-state index in [1.54, 1.807) is 4.90 Å². The van der Waals surface area contributed by atoms with Gasteiger partial charge < -0.3 is 4.74 Å². The molecule has 0 radical (unpaired) electrons. The van der Waals surface area contributed by atoms with Gasteiger partial charge in [-0.3, -0.25) is 9.69 Å². The number of piperidine rings is 1. The van der Waals surface area contributed by atoms with Crippen LogP contribution in [0.5, 0.6) is 0 Å². The summed E-state index contributed by atoms with van der Waals surface area (Å²) in [6.45, 7) is 6.09. The lowest BCUT2D eigenvalue weighted by Crippen LogP contribution is -2.51. The Bertz CT molecular complexity index is 808. The first-order valence-corrected chi connectivity index (χ1v) is 9.50. The first-order valence-electron chi connectivity index (χ1n) is 9.50. The smallest absolute Gasteiger partial charge is 0.410 e. The molecule has 0 spiro atoms. The van der Waals surface area contributed by atoms with Crippen LogP contribution in [0.2, 0.25) is 0 Å². The van der Waals surface area contributed by atoms with E-state index in [1.165, 1.54) is 0 Å². The van der Waals surface area contributed by atoms with Crippen molar-refractivity contribution < 1.29 is 14.3 Å². The van der Waals surface area contributed by atoms with Crippen LogP contribution in [0.1, 0.15) is 39.2 Å². The van der Waals surface area contributed by atoms with Gasteiger partial charge in [0, 0.05) is 19.4 Å². The van der Waals surface area contributed by atoms with E-state index in [-0.39, 0.29) is 5.78 Å². The van der Waals surface area contributed by atoms with Gasteiger partial charge in [0.2, 0.25) is 0 Å². The van der Waals surface area contributed by atoms with Crippen molar-refractivity contribution in [2.24, 2.45) is 0 Å². The zero-order valence-corrected chi connectivity index (χ0v) is 16.3. The molecule has 0 bridgehead atoms. The molecule has 0 aromatic heterocycles. The highest BCUT2D eigenvalue weighted by Gasteiger charge is 2.35. The van der Waals surface area contributed by atoms with Crippen molar-refractivity contribution in [2.75, 3.05) is 6.54 Å². The summed E-state index contributed by atoms with van der Waals surface area (Å²) >= 11 is 0. The summed E-state index contributed by atoms with van der Waals surface area (Å²) in [7, 11) is 0. The monoisotopic (exact) mass is 365 g/mol. The Balaban J connectivity index is 1.81. The minimum Gasteiger partial charge on any atom is -0.444 e. The molecule has 1 aliphatic rings. The van der Waals surface area contributed by atoms with Gasteiger partial charge in [-0.1, -0.05) is 54.6 Å². The van der Waals surface area contributed by atoms with Crippen molar-refractivity contribution in [1.82, 2.24) is 4.90 Å². The normalized spacial score (nSPS) is 17.7. The van der Waals surface area contributed by atoms with E-state index < -0.39 is 17.7 Å². The number of carbonyl (C=O) groups excluding carboxylic acids is 2. The molecule has 0 N–H and O–H groups in total. The molecule has 0 unspecified atom stereocenters. The third-order valence-electron chi connectivity index (χ3n) is 4.66. The number of rotatable bonds is 3. The Morgan fingerprint density at radius 3 is 2.48 bits per heavy atom. The summed E-state index contributed by atoms with van der Waals surface area (Å²) in [5, 5.41) is 0. The van der Waals surface area contributed by atoms with Gasteiger partial charge in [0.05, 0.1) is 6.04 Å². The third-order valence-corrected chi connectivity index (χ3v) is 4.66. The quantitative estimate of drug-likeness (QED) is 0.780. The van der Waals surface area contributed by atoms with Crippen LogP contribution in [0.15, 0.2) is 54.6 Å². The van der Waals surface area contributed by atoms with Gasteiger partial charge in [-0.2, -0.15) is 0 Å². The summed E-state index contributed by atoms with van der Waals surface area (Å²) < 4.78 is 5.52. The maximum atomic E-state index is 12.6. The van der Waals surface area contributed by atoms with Gasteiger partial charge >= 0.3 is 6.09 Å². The van der Waals surface area contributed by atoms with E-state index >= 15 is 0 Å². The lowest BCUT2D eigenvalue weighted by Gasteiger charge is -2.35. The first-order chi connectivity index (χ1) is 12.8. The molecule has 4 heteroatoms. The van der Waals surface area contributed by atoms with Crippen LogP contribution in [0.25, 0.3) is 11.1 Å². The van der Waals surface area contributed by atoms with Crippen molar-refractivity contribution in [1.29, 1.82) is 0 Å². The number of ether oxygens (including phenoxy) is 1. The molecule has 0 saturated carbocycles. The van der Waals surface area contributed by atoms with Crippen LogP contribution in [0.3, 0.4) is 0 Å². The van der Waals surface area contributed by atoms with Crippen LogP contribution in [-0.4, -0.2) is 35.0 Å². The largest absolute Gasteiger partial charge is 0.444 e. The van der Waals surface area contributed by atoms with Gasteiger partial charge in [0.25, 0.3) is 0 Å². The average Bonchev–Trinajstić information content (AvgIpc) is 2.63. The highest BCUT2D eigenvalue weighted by Crippen LogP contribution is 2.24. The van der Waals surface area contributed by atoms with Crippen LogP contribution >= 0.6 is 0 Å². The fraction of sp³-hybridized carbons (Fsp3) is 0.391. The number of hydrogen-bond acceptors (Lipinski definition) is 3. The molecule has 3 rings (SSSR count). The van der Waals surface area contributed by atoms with Gasteiger partial charge in [-0.15, -0.1) is 0 Å². The molecule has 4 nitrogen and oxygen atoms in total. The number of nitrogens with zero attached hydrogens (tertiary/aromatic N) is 1. The number of likely N-dealkylation sites (tertiary alicyclic amines) is 1. The summed E-state index contributed by atoms with van der Waals surface area (Å²) in [5.74, 6) is 0.109. The van der Waals surface area contributed by atoms with Gasteiger partial charge in [0.15, 0.2) is 5.78 Å². The molecule has 142 valence electrons. The molecule has 2 aromatic carbocycles. The number of carbonyl (C=O) groups is 2. The fourth-order valence-corrected chi connectivity index (χ4v) is 3.41. The van der Waals surface area contributed by atoms with Crippen molar-refractivity contribution in [2.45, 2.75) is 51.7 Å². The molecular weight excluding hydrogens is 338 g/mol. The number of Topliss-reactive ketones (excluding diaryl/α,β-unsaturated/α-hetero) is 1. The molecule has 1 saturated heterocycles. The average molecular weight is 365 g/mol. The number of benzene rings is 2. The topological polar surface area (TPSA) is 46.6 Å². The highest BCUT2D eigenvalue weighted by atomic mass is 16.6. The molecule has 2 aromatic rings. The van der Waals surface area contributed by atoms with Crippen molar-refractivity contribution in [3.63, 3.8) is 0 Å². The van der Waals surface area contributed by atoms with Crippen molar-refractivity contribution in [3.05, 3.63) is 60.2 Å². The number of ketones is 1. The zero-order chi connectivity index (χ0) is 19.4. The van der Waals surface area contributed by atoms with Crippen molar-refractivity contribution >= 4 is 11.9 Å². The Kier molecular flexibility index (Phi) is 5.64. The van der Waals surface area contributed by atoms with E-state index in [0.29, 0.717) is 25.8 Å². The summed E-state index contributed by atoms with van der Waals surface area (Å²) in [4.78, 5) is 26.8. The second kappa shape index (κ2) is 7.95. The van der Waals surface area contributed by atoms with Crippen LogP contribution in [0, 0.1) is 0 Å². The number of hydrogen-bond donors (Lipinski definition) is 0. The van der Waals surface area contributed by atoms with E-state index in [4.69, 9.17) is 4.74 Å². The fourth-order valence-electron chi connectivity index (χ4n) is 3.41. The molecule has 1 atom stereocenters. The van der Waals surface area contributed by atoms with Gasteiger partial charge in [-0.25, -0.2) is 4.79 Å². The van der Waals surface area contributed by atoms with Crippen molar-refractivity contribution in [3.8, 4) is 11.1 Å². The maximum absolute atomic E-state index is 12.6. The second-order valence-electron chi connectivity index (χ2n) is 8.03. The lowest BCUT2D eigenvalue weighted by molar-refractivity contribution is -0.126. The second-order valence-corrected chi connectivity index (χ2v) is 8.03. The maximum Gasteiger partial charge on any atom is 0.410 e. The van der Waals surface area contributed by atoms with Crippen LogP contribution in [0.4, 0.5) is 4.79 Å². The first kappa shape index (κ1) is 19.2. The predicted octanol–water partition coefficient (Wildman–Crippen LogP) is 4.86. The number of amides is 1. The van der Waals surface area contributed by atoms with Crippen LogP contribution in [-0.2, 0) is 16.0 Å². The summed E-state index contributed by atoms with van der Waals surface area (Å²) in [6, 6.07) is 17.9. The molecular formula is C23H27NO3.